The summed E-state index contributed by atoms with van der Waals surface area (Å²) in [6.07, 6.45) is 0. The summed E-state index contributed by atoms with van der Waals surface area (Å²) in [4.78, 5) is 19.8. The normalized spacial score (nSPS) is 15.6. The first-order valence-corrected chi connectivity index (χ1v) is 12.9. The van der Waals surface area contributed by atoms with Gasteiger partial charge in [0.25, 0.3) is 5.56 Å². The fourth-order valence-electron chi connectivity index (χ4n) is 4.54. The zero-order chi connectivity index (χ0) is 23.2. The van der Waals surface area contributed by atoms with Gasteiger partial charge in [0.2, 0.25) is 5.78 Å². The highest BCUT2D eigenvalue weighted by molar-refractivity contribution is 7.17. The molecule has 7 nitrogen and oxygen atoms in total. The number of fused-ring (bicyclic) bond motifs is 3. The second-order valence-electron chi connectivity index (χ2n) is 8.58. The maximum absolute atomic E-state index is 13.6. The van der Waals surface area contributed by atoms with E-state index in [1.54, 1.807) is 35.1 Å². The molecular weight excluding hydrogens is 471 g/mol. The van der Waals surface area contributed by atoms with Crippen LogP contribution in [0, 0.1) is 5.82 Å². The zero-order valence-electron chi connectivity index (χ0n) is 18.6. The van der Waals surface area contributed by atoms with Crippen molar-refractivity contribution in [2.45, 2.75) is 13.1 Å². The van der Waals surface area contributed by atoms with Gasteiger partial charge in [-0.25, -0.2) is 4.39 Å². The third kappa shape index (κ3) is 3.86. The predicted molar refractivity (Wildman–Crippen MR) is 134 cm³/mol. The fourth-order valence-corrected chi connectivity index (χ4v) is 6.44. The van der Waals surface area contributed by atoms with Gasteiger partial charge >= 0.3 is 0 Å². The molecule has 0 aliphatic carbocycles. The molecule has 10 heteroatoms. The second-order valence-corrected chi connectivity index (χ2v) is 10.7. The van der Waals surface area contributed by atoms with Crippen molar-refractivity contribution in [1.29, 1.82) is 0 Å². The van der Waals surface area contributed by atoms with Crippen molar-refractivity contribution in [2.75, 3.05) is 26.2 Å². The van der Waals surface area contributed by atoms with Gasteiger partial charge < -0.3 is 0 Å². The van der Waals surface area contributed by atoms with Crippen LogP contribution >= 0.6 is 22.7 Å². The molecule has 0 radical (unpaired) electrons. The highest BCUT2D eigenvalue weighted by Gasteiger charge is 2.21. The Balaban J connectivity index is 1.12. The van der Waals surface area contributed by atoms with E-state index in [1.807, 2.05) is 21.9 Å². The largest absolute Gasteiger partial charge is 0.296 e. The van der Waals surface area contributed by atoms with Gasteiger partial charge in [0.15, 0.2) is 5.82 Å². The van der Waals surface area contributed by atoms with Crippen molar-refractivity contribution < 1.29 is 4.39 Å². The molecule has 1 aliphatic rings. The maximum atomic E-state index is 13.6. The molecule has 0 amide bonds. The van der Waals surface area contributed by atoms with Crippen LogP contribution in [0.25, 0.3) is 26.4 Å². The molecule has 0 spiro atoms. The molecule has 0 saturated carbocycles. The highest BCUT2D eigenvalue weighted by Crippen LogP contribution is 2.29. The van der Waals surface area contributed by atoms with Crippen molar-refractivity contribution in [1.82, 2.24) is 29.0 Å². The topological polar surface area (TPSA) is 58.7 Å². The first kappa shape index (κ1) is 21.6. The van der Waals surface area contributed by atoms with Crippen LogP contribution in [0.1, 0.15) is 10.7 Å². The van der Waals surface area contributed by atoms with Crippen LogP contribution in [0.3, 0.4) is 0 Å². The van der Waals surface area contributed by atoms with E-state index >= 15 is 0 Å². The Kier molecular flexibility index (Phi) is 5.53. The van der Waals surface area contributed by atoms with E-state index in [-0.39, 0.29) is 11.4 Å². The summed E-state index contributed by atoms with van der Waals surface area (Å²) in [5, 5.41) is 10.7. The summed E-state index contributed by atoms with van der Waals surface area (Å²) in [7, 11) is 1.75. The van der Waals surface area contributed by atoms with Gasteiger partial charge in [-0.15, -0.1) is 32.9 Å². The number of halogens is 1. The number of thiophene rings is 2. The molecule has 1 aromatic carbocycles. The fraction of sp³-hybridized carbons (Fsp3) is 0.292. The average molecular weight is 495 g/mol. The number of hydrogen-bond acceptors (Lipinski definition) is 7. The maximum Gasteiger partial charge on any atom is 0.272 e. The van der Waals surface area contributed by atoms with Gasteiger partial charge in [0, 0.05) is 49.5 Å². The number of piperazine rings is 1. The van der Waals surface area contributed by atoms with E-state index in [2.05, 4.69) is 32.1 Å². The number of hydrogen-bond donors (Lipinski definition) is 0. The molecule has 6 rings (SSSR count). The number of nitrogens with zero attached hydrogens (tertiary/aromatic N) is 6. The standard InChI is InChI=1S/C24H23FN6OS2/c1-28-23(32)22-19(7-12-33-22)31-21(26-27-24(28)31)15-30-10-8-29(9-11-30)14-18-5-6-20(34-18)16-3-2-4-17(25)13-16/h2-7,12-13H,8-11,14-15H2,1H3. The average Bonchev–Trinajstić information content (AvgIpc) is 3.59. The minimum absolute atomic E-state index is 0.0285. The Hall–Kier alpha value is -2.92. The lowest BCUT2D eigenvalue weighted by atomic mass is 10.2. The van der Waals surface area contributed by atoms with Gasteiger partial charge in [-0.05, 0) is 41.3 Å². The molecule has 1 aliphatic heterocycles. The molecule has 5 heterocycles. The van der Waals surface area contributed by atoms with Gasteiger partial charge in [-0.2, -0.15) is 0 Å². The summed E-state index contributed by atoms with van der Waals surface area (Å²) in [6, 6.07) is 13.0. The Bertz CT molecular complexity index is 1540. The molecule has 1 saturated heterocycles. The summed E-state index contributed by atoms with van der Waals surface area (Å²) < 4.78 is 17.9. The Morgan fingerprint density at radius 3 is 2.59 bits per heavy atom. The molecule has 0 N–H and O–H groups in total. The van der Waals surface area contributed by atoms with Gasteiger partial charge in [0.1, 0.15) is 10.5 Å². The minimum Gasteiger partial charge on any atom is -0.296 e. The number of aryl methyl sites for hydroxylation is 1. The number of rotatable bonds is 5. The Morgan fingerprint density at radius 2 is 1.79 bits per heavy atom. The molecule has 34 heavy (non-hydrogen) atoms. The van der Waals surface area contributed by atoms with E-state index in [9.17, 15) is 9.18 Å². The van der Waals surface area contributed by atoms with Crippen LogP contribution in [-0.2, 0) is 20.1 Å². The number of aromatic nitrogens is 4. The molecule has 0 unspecified atom stereocenters. The van der Waals surface area contributed by atoms with Crippen molar-refractivity contribution in [2.24, 2.45) is 7.05 Å². The lowest BCUT2D eigenvalue weighted by Gasteiger charge is -2.34. The second kappa shape index (κ2) is 8.70. The summed E-state index contributed by atoms with van der Waals surface area (Å²) >= 11 is 3.18. The van der Waals surface area contributed by atoms with Crippen LogP contribution in [0.15, 0.2) is 52.6 Å². The quantitative estimate of drug-likeness (QED) is 0.372. The third-order valence-electron chi connectivity index (χ3n) is 6.38. The van der Waals surface area contributed by atoms with E-state index in [0.29, 0.717) is 12.3 Å². The molecular formula is C24H23FN6OS2. The minimum atomic E-state index is -0.203. The molecule has 4 aromatic heterocycles. The summed E-state index contributed by atoms with van der Waals surface area (Å²) in [6.45, 7) is 5.41. The molecule has 1 fully saturated rings. The van der Waals surface area contributed by atoms with Crippen LogP contribution in [0.5, 0.6) is 0 Å². The first-order valence-electron chi connectivity index (χ1n) is 11.2. The number of benzene rings is 1. The Morgan fingerprint density at radius 1 is 1.00 bits per heavy atom. The van der Waals surface area contributed by atoms with E-state index in [0.717, 1.165) is 59.2 Å². The van der Waals surface area contributed by atoms with E-state index in [4.69, 9.17) is 0 Å². The predicted octanol–water partition coefficient (Wildman–Crippen LogP) is 3.83. The van der Waals surface area contributed by atoms with Crippen LogP contribution < -0.4 is 5.56 Å². The monoisotopic (exact) mass is 494 g/mol. The Labute approximate surface area is 203 Å². The zero-order valence-corrected chi connectivity index (χ0v) is 20.3. The third-order valence-corrected chi connectivity index (χ3v) is 8.39. The van der Waals surface area contributed by atoms with Crippen molar-refractivity contribution in [3.63, 3.8) is 0 Å². The summed E-state index contributed by atoms with van der Waals surface area (Å²) in [5.41, 5.74) is 1.78. The van der Waals surface area contributed by atoms with Crippen LogP contribution in [-0.4, -0.2) is 55.1 Å². The molecule has 0 atom stereocenters. The van der Waals surface area contributed by atoms with Crippen molar-refractivity contribution in [3.8, 4) is 10.4 Å². The van der Waals surface area contributed by atoms with Crippen molar-refractivity contribution >= 4 is 38.7 Å². The van der Waals surface area contributed by atoms with E-state index < -0.39 is 0 Å². The SMILES string of the molecule is Cn1c(=O)c2sccc2n2c(CN3CCN(Cc4ccc(-c5cccc(F)c5)s4)CC3)nnc12. The van der Waals surface area contributed by atoms with Gasteiger partial charge in [-0.3, -0.25) is 23.6 Å². The van der Waals surface area contributed by atoms with Crippen LogP contribution in [0.2, 0.25) is 0 Å². The first-order chi connectivity index (χ1) is 16.6. The van der Waals surface area contributed by atoms with Gasteiger partial charge in [0.05, 0.1) is 12.1 Å². The highest BCUT2D eigenvalue weighted by atomic mass is 32.1. The van der Waals surface area contributed by atoms with E-state index in [1.165, 1.54) is 22.3 Å². The molecule has 5 aromatic rings. The lowest BCUT2D eigenvalue weighted by molar-refractivity contribution is 0.120. The van der Waals surface area contributed by atoms with Crippen LogP contribution in [0.4, 0.5) is 4.39 Å². The lowest BCUT2D eigenvalue weighted by Crippen LogP contribution is -2.45. The summed E-state index contributed by atoms with van der Waals surface area (Å²) in [5.74, 6) is 1.24. The van der Waals surface area contributed by atoms with Crippen molar-refractivity contribution in [3.05, 3.63) is 74.7 Å². The smallest absolute Gasteiger partial charge is 0.272 e. The molecule has 174 valence electrons. The van der Waals surface area contributed by atoms with Gasteiger partial charge in [-0.1, -0.05) is 12.1 Å². The molecule has 0 bridgehead atoms.